The fourth-order valence-electron chi connectivity index (χ4n) is 2.42. The molecule has 4 nitrogen and oxygen atoms in total. The molecule has 1 aromatic heterocycles. The molecule has 27 heavy (non-hydrogen) atoms. The van der Waals surface area contributed by atoms with Crippen LogP contribution in [0.1, 0.15) is 11.1 Å². The minimum absolute atomic E-state index is 0.00856. The van der Waals surface area contributed by atoms with E-state index in [1.807, 2.05) is 0 Å². The highest BCUT2D eigenvalue weighted by Crippen LogP contribution is 2.42. The summed E-state index contributed by atoms with van der Waals surface area (Å²) < 4.78 is 42.3. The molecular weight excluding hydrogens is 402 g/mol. The number of halogens is 5. The van der Waals surface area contributed by atoms with E-state index in [0.29, 0.717) is 17.3 Å². The third kappa shape index (κ3) is 4.16. The first-order chi connectivity index (χ1) is 12.7. The Hall–Kier alpha value is -2.35. The lowest BCUT2D eigenvalue weighted by atomic mass is 9.92. The second-order valence-electron chi connectivity index (χ2n) is 5.69. The monoisotopic (exact) mass is 413 g/mol. The summed E-state index contributed by atoms with van der Waals surface area (Å²) in [7, 11) is 0. The van der Waals surface area contributed by atoms with E-state index in [4.69, 9.17) is 23.2 Å². The quantitative estimate of drug-likeness (QED) is 0.651. The zero-order chi connectivity index (χ0) is 19.7. The van der Waals surface area contributed by atoms with Crippen LogP contribution in [-0.4, -0.2) is 26.0 Å². The molecule has 1 atom stereocenters. The van der Waals surface area contributed by atoms with E-state index in [9.17, 15) is 18.3 Å². The van der Waals surface area contributed by atoms with Gasteiger partial charge in [0.25, 0.3) is 0 Å². The summed E-state index contributed by atoms with van der Waals surface area (Å²) in [4.78, 5) is 3.82. The maximum absolute atomic E-state index is 13.6. The Kier molecular flexibility index (Phi) is 5.28. The maximum atomic E-state index is 13.6. The van der Waals surface area contributed by atoms with Gasteiger partial charge in [0.1, 0.15) is 12.7 Å². The highest BCUT2D eigenvalue weighted by Gasteiger charge is 2.53. The van der Waals surface area contributed by atoms with Crippen LogP contribution in [0.2, 0.25) is 10.0 Å². The molecule has 9 heteroatoms. The molecule has 0 amide bonds. The van der Waals surface area contributed by atoms with Crippen LogP contribution in [0.5, 0.6) is 0 Å². The van der Waals surface area contributed by atoms with Gasteiger partial charge in [0.2, 0.25) is 5.60 Å². The normalized spacial score (nSPS) is 14.4. The van der Waals surface area contributed by atoms with Gasteiger partial charge in [-0.25, -0.2) is 9.67 Å². The van der Waals surface area contributed by atoms with E-state index in [1.165, 1.54) is 29.5 Å². The second-order valence-corrected chi connectivity index (χ2v) is 6.56. The van der Waals surface area contributed by atoms with Gasteiger partial charge in [-0.2, -0.15) is 18.3 Å². The van der Waals surface area contributed by atoms with Gasteiger partial charge in [0.05, 0.1) is 5.69 Å². The molecule has 0 aliphatic rings. The molecule has 140 valence electrons. The van der Waals surface area contributed by atoms with Gasteiger partial charge in [-0.15, -0.1) is 0 Å². The molecule has 3 rings (SSSR count). The molecule has 0 aliphatic heterocycles. The van der Waals surface area contributed by atoms with Gasteiger partial charge in [-0.1, -0.05) is 41.4 Å². The molecule has 1 N–H and O–H groups in total. The van der Waals surface area contributed by atoms with Crippen molar-refractivity contribution in [2.75, 3.05) is 0 Å². The van der Waals surface area contributed by atoms with Gasteiger partial charge >= 0.3 is 6.18 Å². The summed E-state index contributed by atoms with van der Waals surface area (Å²) in [5.74, 6) is 0. The van der Waals surface area contributed by atoms with Crippen molar-refractivity contribution in [2.24, 2.45) is 0 Å². The van der Waals surface area contributed by atoms with E-state index in [0.717, 1.165) is 12.1 Å². The van der Waals surface area contributed by atoms with E-state index in [2.05, 4.69) is 10.1 Å². The van der Waals surface area contributed by atoms with Crippen LogP contribution in [0, 0.1) is 0 Å². The van der Waals surface area contributed by atoms with Crippen molar-refractivity contribution in [3.8, 4) is 5.69 Å². The average molecular weight is 414 g/mol. The zero-order valence-electron chi connectivity index (χ0n) is 13.5. The lowest BCUT2D eigenvalue weighted by Gasteiger charge is -2.28. The summed E-state index contributed by atoms with van der Waals surface area (Å²) in [6.07, 6.45) is -0.269. The highest BCUT2D eigenvalue weighted by molar-refractivity contribution is 6.34. The molecule has 1 unspecified atom stereocenters. The van der Waals surface area contributed by atoms with E-state index < -0.39 is 17.3 Å². The standard InChI is InChI=1S/C18H12Cl2F3N3O/c19-14-7-13(8-15(20)9-14)17(27,18(21,22)23)6-5-12-1-3-16(4-2-12)26-11-24-10-25-26/h1-11,27H/b6-5+. The lowest BCUT2D eigenvalue weighted by molar-refractivity contribution is -0.244. The molecule has 0 radical (unpaired) electrons. The molecular formula is C18H12Cl2F3N3O. The molecule has 0 saturated heterocycles. The Labute approximate surface area is 162 Å². The Morgan fingerprint density at radius 3 is 2.15 bits per heavy atom. The van der Waals surface area contributed by atoms with Crippen LogP contribution in [0.4, 0.5) is 13.2 Å². The minimum atomic E-state index is -4.97. The molecule has 3 aromatic rings. The number of benzene rings is 2. The van der Waals surface area contributed by atoms with Gasteiger partial charge < -0.3 is 5.11 Å². The summed E-state index contributed by atoms with van der Waals surface area (Å²) in [5, 5.41) is 14.3. The Morgan fingerprint density at radius 1 is 1.00 bits per heavy atom. The second kappa shape index (κ2) is 7.34. The highest BCUT2D eigenvalue weighted by atomic mass is 35.5. The Balaban J connectivity index is 1.95. The van der Waals surface area contributed by atoms with Crippen LogP contribution in [-0.2, 0) is 5.60 Å². The molecule has 0 saturated carbocycles. The van der Waals surface area contributed by atoms with Crippen molar-refractivity contribution < 1.29 is 18.3 Å². The summed E-state index contributed by atoms with van der Waals surface area (Å²) in [6, 6.07) is 9.85. The van der Waals surface area contributed by atoms with E-state index >= 15 is 0 Å². The number of hydrogen-bond acceptors (Lipinski definition) is 3. The number of hydrogen-bond donors (Lipinski definition) is 1. The first-order valence-electron chi connectivity index (χ1n) is 7.59. The van der Waals surface area contributed by atoms with Crippen molar-refractivity contribution in [3.05, 3.63) is 82.4 Å². The third-order valence-corrected chi connectivity index (χ3v) is 4.26. The smallest absolute Gasteiger partial charge is 0.373 e. The largest absolute Gasteiger partial charge is 0.425 e. The van der Waals surface area contributed by atoms with Crippen LogP contribution in [0.25, 0.3) is 11.8 Å². The fraction of sp³-hybridized carbons (Fsp3) is 0.111. The molecule has 1 heterocycles. The summed E-state index contributed by atoms with van der Waals surface area (Å²) >= 11 is 11.6. The topological polar surface area (TPSA) is 50.9 Å². The van der Waals surface area contributed by atoms with Crippen molar-refractivity contribution in [1.82, 2.24) is 14.8 Å². The number of rotatable bonds is 4. The lowest BCUT2D eigenvalue weighted by Crippen LogP contribution is -2.40. The minimum Gasteiger partial charge on any atom is -0.373 e. The van der Waals surface area contributed by atoms with Gasteiger partial charge in [-0.3, -0.25) is 0 Å². The van der Waals surface area contributed by atoms with Crippen LogP contribution in [0.3, 0.4) is 0 Å². The summed E-state index contributed by atoms with van der Waals surface area (Å²) in [6.45, 7) is 0. The summed E-state index contributed by atoms with van der Waals surface area (Å²) in [5.41, 5.74) is -2.57. The number of nitrogens with zero attached hydrogens (tertiary/aromatic N) is 3. The van der Waals surface area contributed by atoms with Gasteiger partial charge in [0, 0.05) is 10.0 Å². The maximum Gasteiger partial charge on any atom is 0.425 e. The predicted molar refractivity (Wildman–Crippen MR) is 96.8 cm³/mol. The molecule has 0 bridgehead atoms. The van der Waals surface area contributed by atoms with Crippen LogP contribution < -0.4 is 0 Å². The van der Waals surface area contributed by atoms with Crippen molar-refractivity contribution >= 4 is 29.3 Å². The number of aliphatic hydroxyl groups is 1. The van der Waals surface area contributed by atoms with Crippen molar-refractivity contribution in [3.63, 3.8) is 0 Å². The first kappa shape index (κ1) is 19.4. The van der Waals surface area contributed by atoms with Crippen molar-refractivity contribution in [2.45, 2.75) is 11.8 Å². The predicted octanol–water partition coefficient (Wildman–Crippen LogP) is 5.04. The molecule has 0 fully saturated rings. The van der Waals surface area contributed by atoms with Crippen LogP contribution >= 0.6 is 23.2 Å². The molecule has 2 aromatic carbocycles. The third-order valence-electron chi connectivity index (χ3n) is 3.83. The first-order valence-corrected chi connectivity index (χ1v) is 8.34. The van der Waals surface area contributed by atoms with E-state index in [-0.39, 0.29) is 10.0 Å². The van der Waals surface area contributed by atoms with Crippen molar-refractivity contribution in [1.29, 1.82) is 0 Å². The SMILES string of the molecule is OC(/C=C/c1ccc(-n2cncn2)cc1)(c1cc(Cl)cc(Cl)c1)C(F)(F)F. The number of alkyl halides is 3. The average Bonchev–Trinajstić information content (AvgIpc) is 3.13. The zero-order valence-corrected chi connectivity index (χ0v) is 15.0. The molecule has 0 spiro atoms. The Bertz CT molecular complexity index is 937. The van der Waals surface area contributed by atoms with Gasteiger partial charge in [-0.05, 0) is 47.5 Å². The van der Waals surface area contributed by atoms with Crippen LogP contribution in [0.15, 0.2) is 61.2 Å². The van der Waals surface area contributed by atoms with Gasteiger partial charge in [0.15, 0.2) is 0 Å². The Morgan fingerprint density at radius 2 is 1.63 bits per heavy atom. The fourth-order valence-corrected chi connectivity index (χ4v) is 2.95. The van der Waals surface area contributed by atoms with E-state index in [1.54, 1.807) is 24.3 Å². The number of aromatic nitrogens is 3. The molecule has 0 aliphatic carbocycles.